The van der Waals surface area contributed by atoms with Gasteiger partial charge in [0.15, 0.2) is 0 Å². The molecular weight excluding hydrogens is 461 g/mol. The first-order valence-electron chi connectivity index (χ1n) is 10.6. The molecule has 1 aliphatic heterocycles. The normalized spacial score (nSPS) is 15.8. The Morgan fingerprint density at radius 1 is 1.03 bits per heavy atom. The number of nitrogens with one attached hydrogen (secondary N) is 1. The van der Waals surface area contributed by atoms with Gasteiger partial charge >= 0.3 is 0 Å². The molecule has 0 bridgehead atoms. The van der Waals surface area contributed by atoms with Gasteiger partial charge in [-0.2, -0.15) is 0 Å². The van der Waals surface area contributed by atoms with Crippen LogP contribution in [0.1, 0.15) is 24.0 Å². The maximum absolute atomic E-state index is 13.0. The van der Waals surface area contributed by atoms with E-state index >= 15 is 0 Å². The van der Waals surface area contributed by atoms with Crippen molar-refractivity contribution in [2.45, 2.75) is 34.0 Å². The van der Waals surface area contributed by atoms with Crippen molar-refractivity contribution in [2.24, 2.45) is 0 Å². The van der Waals surface area contributed by atoms with Crippen LogP contribution in [0.4, 0.5) is 10.1 Å². The fourth-order valence-electron chi connectivity index (χ4n) is 3.84. The molecule has 1 heterocycles. The van der Waals surface area contributed by atoms with E-state index in [1.165, 1.54) is 24.3 Å². The molecule has 0 saturated carbocycles. The van der Waals surface area contributed by atoms with Crippen LogP contribution >= 0.6 is 11.8 Å². The molecule has 1 N–H and O–H groups in total. The van der Waals surface area contributed by atoms with Gasteiger partial charge in [0.1, 0.15) is 5.82 Å². The van der Waals surface area contributed by atoms with Crippen LogP contribution in [0.15, 0.2) is 82.6 Å². The maximum atomic E-state index is 13.0. The van der Waals surface area contributed by atoms with E-state index < -0.39 is 15.8 Å². The molecule has 4 rings (SSSR count). The number of halogens is 1. The minimum Gasteiger partial charge on any atom is -0.381 e. The first-order valence-corrected chi connectivity index (χ1v) is 13.1. The number of ether oxygens (including phenoxy) is 2. The van der Waals surface area contributed by atoms with E-state index in [0.717, 1.165) is 28.9 Å². The zero-order valence-corrected chi connectivity index (χ0v) is 19.9. The zero-order chi connectivity index (χ0) is 23.3. The summed E-state index contributed by atoms with van der Waals surface area (Å²) in [5.41, 5.74) is 2.18. The van der Waals surface area contributed by atoms with E-state index in [0.29, 0.717) is 24.7 Å². The van der Waals surface area contributed by atoms with E-state index in [1.807, 2.05) is 18.2 Å². The van der Waals surface area contributed by atoms with Crippen LogP contribution in [-0.4, -0.2) is 28.7 Å². The lowest BCUT2D eigenvalue weighted by atomic mass is 9.86. The summed E-state index contributed by atoms with van der Waals surface area (Å²) in [5.74, 6) is 0.286. The SMILES string of the molecule is COC1(c2cccc(SCc3ccc(S(=O)(=O)Nc4ccc(F)cc4)cc3)c2)CCOCC1. The third-order valence-electron chi connectivity index (χ3n) is 5.79. The molecule has 174 valence electrons. The van der Waals surface area contributed by atoms with Crippen molar-refractivity contribution in [3.63, 3.8) is 0 Å². The summed E-state index contributed by atoms with van der Waals surface area (Å²) in [7, 11) is -1.99. The molecule has 0 atom stereocenters. The molecule has 0 radical (unpaired) electrons. The van der Waals surface area contributed by atoms with E-state index in [9.17, 15) is 12.8 Å². The average molecular weight is 488 g/mol. The van der Waals surface area contributed by atoms with Gasteiger partial charge in [0, 0.05) is 49.5 Å². The summed E-state index contributed by atoms with van der Waals surface area (Å²) in [5, 5.41) is 0. The molecule has 0 spiro atoms. The topological polar surface area (TPSA) is 64.6 Å². The summed E-state index contributed by atoms with van der Waals surface area (Å²) in [6.07, 6.45) is 1.67. The van der Waals surface area contributed by atoms with E-state index in [1.54, 1.807) is 31.0 Å². The fourth-order valence-corrected chi connectivity index (χ4v) is 5.81. The maximum Gasteiger partial charge on any atom is 0.261 e. The Bertz CT molecular complexity index is 1180. The summed E-state index contributed by atoms with van der Waals surface area (Å²) in [6.45, 7) is 1.38. The average Bonchev–Trinajstić information content (AvgIpc) is 2.85. The second kappa shape index (κ2) is 10.3. The highest BCUT2D eigenvalue weighted by molar-refractivity contribution is 7.98. The molecule has 0 amide bonds. The second-order valence-electron chi connectivity index (χ2n) is 7.88. The number of thioether (sulfide) groups is 1. The van der Waals surface area contributed by atoms with Gasteiger partial charge in [-0.05, 0) is 59.7 Å². The Labute approximate surface area is 198 Å². The number of benzene rings is 3. The molecule has 1 fully saturated rings. The van der Waals surface area contributed by atoms with Crippen LogP contribution in [0.2, 0.25) is 0 Å². The lowest BCUT2D eigenvalue weighted by Crippen LogP contribution is -2.35. The van der Waals surface area contributed by atoms with Gasteiger partial charge in [0.2, 0.25) is 0 Å². The molecule has 33 heavy (non-hydrogen) atoms. The van der Waals surface area contributed by atoms with Crippen molar-refractivity contribution in [1.29, 1.82) is 0 Å². The predicted molar refractivity (Wildman–Crippen MR) is 128 cm³/mol. The van der Waals surface area contributed by atoms with Crippen LogP contribution in [-0.2, 0) is 30.9 Å². The first-order chi connectivity index (χ1) is 15.9. The molecule has 1 aliphatic rings. The van der Waals surface area contributed by atoms with Crippen molar-refractivity contribution in [3.8, 4) is 0 Å². The van der Waals surface area contributed by atoms with Crippen molar-refractivity contribution in [3.05, 3.63) is 89.7 Å². The predicted octanol–water partition coefficient (Wildman–Crippen LogP) is 5.57. The lowest BCUT2D eigenvalue weighted by molar-refractivity contribution is -0.0948. The Morgan fingerprint density at radius 3 is 2.39 bits per heavy atom. The molecule has 0 aromatic heterocycles. The monoisotopic (exact) mass is 487 g/mol. The molecular formula is C25H26FNO4S2. The number of hydrogen-bond acceptors (Lipinski definition) is 5. The lowest BCUT2D eigenvalue weighted by Gasteiger charge is -2.36. The molecule has 3 aromatic rings. The highest BCUT2D eigenvalue weighted by Crippen LogP contribution is 2.37. The number of rotatable bonds is 8. The molecule has 0 unspecified atom stereocenters. The minimum atomic E-state index is -3.74. The second-order valence-corrected chi connectivity index (χ2v) is 10.6. The van der Waals surface area contributed by atoms with Crippen molar-refractivity contribution in [1.82, 2.24) is 0 Å². The number of sulfonamides is 1. The summed E-state index contributed by atoms with van der Waals surface area (Å²) in [4.78, 5) is 1.29. The third-order valence-corrected chi connectivity index (χ3v) is 8.25. The molecule has 1 saturated heterocycles. The number of methoxy groups -OCH3 is 1. The van der Waals surface area contributed by atoms with Gasteiger partial charge in [-0.25, -0.2) is 12.8 Å². The van der Waals surface area contributed by atoms with Gasteiger partial charge in [0.05, 0.1) is 10.5 Å². The third kappa shape index (κ3) is 5.76. The Hall–Kier alpha value is -2.39. The van der Waals surface area contributed by atoms with Gasteiger partial charge in [-0.3, -0.25) is 4.72 Å². The van der Waals surface area contributed by atoms with Gasteiger partial charge < -0.3 is 9.47 Å². The van der Waals surface area contributed by atoms with Gasteiger partial charge in [-0.1, -0.05) is 24.3 Å². The highest BCUT2D eigenvalue weighted by atomic mass is 32.2. The van der Waals surface area contributed by atoms with Crippen molar-refractivity contribution >= 4 is 27.5 Å². The molecule has 0 aliphatic carbocycles. The number of anilines is 1. The summed E-state index contributed by atoms with van der Waals surface area (Å²) in [6, 6.07) is 20.4. The molecule has 8 heteroatoms. The van der Waals surface area contributed by atoms with Crippen molar-refractivity contribution in [2.75, 3.05) is 25.0 Å². The zero-order valence-electron chi connectivity index (χ0n) is 18.3. The van der Waals surface area contributed by atoms with Crippen LogP contribution in [0.25, 0.3) is 0 Å². The molecule has 5 nitrogen and oxygen atoms in total. The highest BCUT2D eigenvalue weighted by Gasteiger charge is 2.34. The Balaban J connectivity index is 1.41. The first kappa shape index (κ1) is 23.8. The summed E-state index contributed by atoms with van der Waals surface area (Å²) >= 11 is 1.69. The standard InChI is InChI=1S/C25H26FNO4S2/c1-30-25(13-15-31-16-14-25)20-3-2-4-23(17-20)32-18-19-5-11-24(12-6-19)33(28,29)27-22-9-7-21(26)8-10-22/h2-12,17,27H,13-16,18H2,1H3. The van der Waals surface area contributed by atoms with Crippen LogP contribution in [0.5, 0.6) is 0 Å². The van der Waals surface area contributed by atoms with Crippen LogP contribution in [0, 0.1) is 5.82 Å². The fraction of sp³-hybridized carbons (Fsp3) is 0.280. The van der Waals surface area contributed by atoms with Crippen molar-refractivity contribution < 1.29 is 22.3 Å². The molecule has 3 aromatic carbocycles. The quantitative estimate of drug-likeness (QED) is 0.421. The van der Waals surface area contributed by atoms with E-state index in [2.05, 4.69) is 22.9 Å². The van der Waals surface area contributed by atoms with Crippen LogP contribution in [0.3, 0.4) is 0 Å². The van der Waals surface area contributed by atoms with Gasteiger partial charge in [-0.15, -0.1) is 11.8 Å². The van der Waals surface area contributed by atoms with E-state index in [-0.39, 0.29) is 10.5 Å². The minimum absolute atomic E-state index is 0.157. The summed E-state index contributed by atoms with van der Waals surface area (Å²) < 4.78 is 52.1. The smallest absolute Gasteiger partial charge is 0.261 e. The largest absolute Gasteiger partial charge is 0.381 e. The van der Waals surface area contributed by atoms with Crippen LogP contribution < -0.4 is 4.72 Å². The van der Waals surface area contributed by atoms with Gasteiger partial charge in [0.25, 0.3) is 10.0 Å². The number of hydrogen-bond donors (Lipinski definition) is 1. The Kier molecular flexibility index (Phi) is 7.38. The van der Waals surface area contributed by atoms with E-state index in [4.69, 9.17) is 9.47 Å². The Morgan fingerprint density at radius 2 is 1.73 bits per heavy atom.